The Hall–Kier alpha value is -0.930. The molecule has 0 N–H and O–H groups in total. The van der Waals surface area contributed by atoms with Crippen molar-refractivity contribution in [3.63, 3.8) is 0 Å². The highest BCUT2D eigenvalue weighted by molar-refractivity contribution is 6.30. The van der Waals surface area contributed by atoms with Crippen molar-refractivity contribution in [2.45, 2.75) is 51.9 Å². The minimum Gasteiger partial charge on any atom is -0.0945 e. The van der Waals surface area contributed by atoms with Crippen LogP contribution in [0.1, 0.15) is 57.4 Å². The summed E-state index contributed by atoms with van der Waals surface area (Å²) in [5.41, 5.74) is 1.08. The highest BCUT2D eigenvalue weighted by Gasteiger charge is 2.19. The molecule has 1 aliphatic rings. The second-order valence-electron chi connectivity index (χ2n) is 5.64. The molecule has 0 nitrogen and oxygen atoms in total. The van der Waals surface area contributed by atoms with Crippen molar-refractivity contribution in [2.75, 3.05) is 0 Å². The summed E-state index contributed by atoms with van der Waals surface area (Å²) < 4.78 is 0. The van der Waals surface area contributed by atoms with Gasteiger partial charge in [-0.05, 0) is 55.9 Å². The first-order valence-corrected chi connectivity index (χ1v) is 7.93. The van der Waals surface area contributed by atoms with E-state index in [0.29, 0.717) is 5.92 Å². The highest BCUT2D eigenvalue weighted by Crippen LogP contribution is 2.31. The fourth-order valence-electron chi connectivity index (χ4n) is 2.81. The van der Waals surface area contributed by atoms with Crippen LogP contribution in [0.25, 0.3) is 0 Å². The van der Waals surface area contributed by atoms with E-state index in [1.165, 1.54) is 44.9 Å². The van der Waals surface area contributed by atoms with Crippen LogP contribution in [0.2, 0.25) is 5.02 Å². The summed E-state index contributed by atoms with van der Waals surface area (Å²) in [6.07, 6.45) is 9.47. The minimum atomic E-state index is 0.605. The summed E-state index contributed by atoms with van der Waals surface area (Å²) >= 11 is 5.87. The van der Waals surface area contributed by atoms with Crippen molar-refractivity contribution in [1.29, 1.82) is 0 Å². The third-order valence-electron chi connectivity index (χ3n) is 4.08. The third kappa shape index (κ3) is 4.92. The maximum atomic E-state index is 5.87. The van der Waals surface area contributed by atoms with E-state index >= 15 is 0 Å². The molecule has 1 fully saturated rings. The van der Waals surface area contributed by atoms with Gasteiger partial charge in [-0.1, -0.05) is 49.6 Å². The van der Waals surface area contributed by atoms with Crippen LogP contribution >= 0.6 is 11.6 Å². The molecular formula is C18H23Cl. The van der Waals surface area contributed by atoms with E-state index in [1.807, 2.05) is 24.3 Å². The summed E-state index contributed by atoms with van der Waals surface area (Å²) in [4.78, 5) is 0. The molecule has 0 spiro atoms. The van der Waals surface area contributed by atoms with Gasteiger partial charge >= 0.3 is 0 Å². The summed E-state index contributed by atoms with van der Waals surface area (Å²) in [6, 6.07) is 7.82. The van der Waals surface area contributed by atoms with Gasteiger partial charge < -0.3 is 0 Å². The van der Waals surface area contributed by atoms with Crippen molar-refractivity contribution in [3.05, 3.63) is 34.9 Å². The largest absolute Gasteiger partial charge is 0.0945 e. The lowest BCUT2D eigenvalue weighted by Gasteiger charge is -2.25. The number of benzene rings is 1. The molecule has 0 saturated heterocycles. The maximum Gasteiger partial charge on any atom is 0.0406 e. The van der Waals surface area contributed by atoms with Gasteiger partial charge in [0.25, 0.3) is 0 Å². The van der Waals surface area contributed by atoms with E-state index in [4.69, 9.17) is 11.6 Å². The lowest BCUT2D eigenvalue weighted by atomic mass is 9.80. The van der Waals surface area contributed by atoms with Gasteiger partial charge in [-0.2, -0.15) is 0 Å². The van der Waals surface area contributed by atoms with Gasteiger partial charge in [-0.25, -0.2) is 0 Å². The molecule has 0 heterocycles. The molecular weight excluding hydrogens is 252 g/mol. The normalized spacial score (nSPS) is 22.6. The second-order valence-corrected chi connectivity index (χ2v) is 6.07. The first-order chi connectivity index (χ1) is 9.28. The van der Waals surface area contributed by atoms with E-state index < -0.39 is 0 Å². The molecule has 0 aromatic heterocycles. The van der Waals surface area contributed by atoms with Crippen molar-refractivity contribution in [3.8, 4) is 11.8 Å². The van der Waals surface area contributed by atoms with Crippen molar-refractivity contribution in [2.24, 2.45) is 11.8 Å². The molecule has 0 atom stereocenters. The van der Waals surface area contributed by atoms with Crippen LogP contribution in [0.3, 0.4) is 0 Å². The average molecular weight is 275 g/mol. The zero-order valence-electron chi connectivity index (χ0n) is 11.8. The SMILES string of the molecule is CCCC[C@H]1CC[C@H](C#Cc2ccc(Cl)cc2)CC1. The summed E-state index contributed by atoms with van der Waals surface area (Å²) in [5, 5.41) is 0.780. The Morgan fingerprint density at radius 1 is 1.11 bits per heavy atom. The Morgan fingerprint density at radius 2 is 1.79 bits per heavy atom. The molecule has 0 aliphatic heterocycles. The van der Waals surface area contributed by atoms with E-state index in [2.05, 4.69) is 18.8 Å². The zero-order valence-corrected chi connectivity index (χ0v) is 12.5. The number of hydrogen-bond acceptors (Lipinski definition) is 0. The molecule has 0 unspecified atom stereocenters. The average Bonchev–Trinajstić information content (AvgIpc) is 2.46. The van der Waals surface area contributed by atoms with Gasteiger partial charge in [-0.3, -0.25) is 0 Å². The van der Waals surface area contributed by atoms with E-state index in [9.17, 15) is 0 Å². The van der Waals surface area contributed by atoms with Crippen LogP contribution < -0.4 is 0 Å². The number of rotatable bonds is 3. The predicted octanol–water partition coefficient (Wildman–Crippen LogP) is 5.69. The Morgan fingerprint density at radius 3 is 2.42 bits per heavy atom. The molecule has 1 saturated carbocycles. The molecule has 102 valence electrons. The molecule has 1 aromatic rings. The zero-order chi connectivity index (χ0) is 13.5. The Bertz CT molecular complexity index is 427. The third-order valence-corrected chi connectivity index (χ3v) is 4.33. The van der Waals surface area contributed by atoms with Gasteiger partial charge in [0.1, 0.15) is 0 Å². The maximum absolute atomic E-state index is 5.87. The lowest BCUT2D eigenvalue weighted by Crippen LogP contribution is -2.13. The lowest BCUT2D eigenvalue weighted by molar-refractivity contribution is 0.296. The van der Waals surface area contributed by atoms with Gasteiger partial charge in [0.05, 0.1) is 0 Å². The molecule has 1 aromatic carbocycles. The fourth-order valence-corrected chi connectivity index (χ4v) is 2.93. The molecule has 2 rings (SSSR count). The second kappa shape index (κ2) is 7.61. The van der Waals surface area contributed by atoms with E-state index in [-0.39, 0.29) is 0 Å². The van der Waals surface area contributed by atoms with Crippen molar-refractivity contribution in [1.82, 2.24) is 0 Å². The number of halogens is 1. The van der Waals surface area contributed by atoms with Gasteiger partial charge in [0.15, 0.2) is 0 Å². The molecule has 0 amide bonds. The molecule has 1 aliphatic carbocycles. The quantitative estimate of drug-likeness (QED) is 0.621. The standard InChI is InChI=1S/C18H23Cl/c1-2-3-4-15-5-7-16(8-6-15)9-10-17-11-13-18(19)14-12-17/h11-16H,2-8H2,1H3/t15-,16-. The van der Waals surface area contributed by atoms with E-state index in [0.717, 1.165) is 16.5 Å². The monoisotopic (exact) mass is 274 g/mol. The molecule has 0 radical (unpaired) electrons. The molecule has 19 heavy (non-hydrogen) atoms. The summed E-state index contributed by atoms with van der Waals surface area (Å²) in [7, 11) is 0. The van der Waals surface area contributed by atoms with Gasteiger partial charge in [0, 0.05) is 16.5 Å². The Balaban J connectivity index is 1.81. The topological polar surface area (TPSA) is 0 Å². The van der Waals surface area contributed by atoms with Crippen LogP contribution in [-0.4, -0.2) is 0 Å². The van der Waals surface area contributed by atoms with Gasteiger partial charge in [0.2, 0.25) is 0 Å². The van der Waals surface area contributed by atoms with Crippen LogP contribution in [0.5, 0.6) is 0 Å². The van der Waals surface area contributed by atoms with Crippen LogP contribution in [0.4, 0.5) is 0 Å². The van der Waals surface area contributed by atoms with Crippen molar-refractivity contribution >= 4 is 11.6 Å². The first-order valence-electron chi connectivity index (χ1n) is 7.55. The van der Waals surface area contributed by atoms with Crippen LogP contribution in [0.15, 0.2) is 24.3 Å². The minimum absolute atomic E-state index is 0.605. The molecule has 1 heteroatoms. The summed E-state index contributed by atoms with van der Waals surface area (Å²) in [5.74, 6) is 8.30. The fraction of sp³-hybridized carbons (Fsp3) is 0.556. The number of unbranched alkanes of at least 4 members (excludes halogenated alkanes) is 1. The Labute approximate surface area is 122 Å². The predicted molar refractivity (Wildman–Crippen MR) is 83.3 cm³/mol. The number of hydrogen-bond donors (Lipinski definition) is 0. The van der Waals surface area contributed by atoms with Crippen LogP contribution in [0, 0.1) is 23.7 Å². The van der Waals surface area contributed by atoms with Crippen LogP contribution in [-0.2, 0) is 0 Å². The van der Waals surface area contributed by atoms with E-state index in [1.54, 1.807) is 0 Å². The van der Waals surface area contributed by atoms with Crippen molar-refractivity contribution < 1.29 is 0 Å². The Kier molecular flexibility index (Phi) is 5.80. The van der Waals surface area contributed by atoms with Gasteiger partial charge in [-0.15, -0.1) is 0 Å². The summed E-state index contributed by atoms with van der Waals surface area (Å²) in [6.45, 7) is 2.28. The smallest absolute Gasteiger partial charge is 0.0406 e. The first kappa shape index (κ1) is 14.5. The highest BCUT2D eigenvalue weighted by atomic mass is 35.5. The molecule has 0 bridgehead atoms.